The highest BCUT2D eigenvalue weighted by molar-refractivity contribution is 5.91. The summed E-state index contributed by atoms with van der Waals surface area (Å²) in [5, 5.41) is 7.16. The molecule has 0 aliphatic rings. The molecule has 0 saturated heterocycles. The minimum Gasteiger partial charge on any atom is -0.326 e. The zero-order valence-electron chi connectivity index (χ0n) is 14.3. The van der Waals surface area contributed by atoms with Crippen LogP contribution in [-0.2, 0) is 17.6 Å². The van der Waals surface area contributed by atoms with Crippen molar-refractivity contribution in [3.05, 3.63) is 78.4 Å². The first-order valence-corrected chi connectivity index (χ1v) is 8.47. The van der Waals surface area contributed by atoms with Gasteiger partial charge in [0.15, 0.2) is 0 Å². The molecule has 5 heteroatoms. The first-order valence-electron chi connectivity index (χ1n) is 8.47. The Bertz CT molecular complexity index is 800. The molecular weight excluding hydrogens is 312 g/mol. The number of amides is 1. The highest BCUT2D eigenvalue weighted by Gasteiger charge is 2.11. The van der Waals surface area contributed by atoms with Crippen molar-refractivity contribution < 1.29 is 4.79 Å². The summed E-state index contributed by atoms with van der Waals surface area (Å²) in [5.41, 5.74) is 3.30. The first kappa shape index (κ1) is 16.9. The van der Waals surface area contributed by atoms with E-state index in [1.807, 2.05) is 61.9 Å². The predicted octanol–water partition coefficient (Wildman–Crippen LogP) is 3.65. The normalized spacial score (nSPS) is 11.9. The summed E-state index contributed by atoms with van der Waals surface area (Å²) in [4.78, 5) is 16.3. The van der Waals surface area contributed by atoms with Crippen molar-refractivity contribution in [2.24, 2.45) is 0 Å². The number of carbonyl (C=O) groups excluding carboxylic acids is 1. The van der Waals surface area contributed by atoms with Crippen LogP contribution in [0.15, 0.2) is 67.3 Å². The van der Waals surface area contributed by atoms with Gasteiger partial charge in [-0.3, -0.25) is 14.5 Å². The third kappa shape index (κ3) is 5.01. The first-order chi connectivity index (χ1) is 12.2. The van der Waals surface area contributed by atoms with Crippen molar-refractivity contribution in [2.45, 2.75) is 32.2 Å². The number of rotatable bonds is 7. The van der Waals surface area contributed by atoms with Crippen LogP contribution in [0.1, 0.15) is 30.5 Å². The van der Waals surface area contributed by atoms with Gasteiger partial charge in [-0.1, -0.05) is 12.1 Å². The van der Waals surface area contributed by atoms with Gasteiger partial charge in [0.1, 0.15) is 0 Å². The zero-order chi connectivity index (χ0) is 17.5. The van der Waals surface area contributed by atoms with E-state index in [9.17, 15) is 4.79 Å². The number of aromatic nitrogens is 3. The molecule has 1 atom stereocenters. The fourth-order valence-corrected chi connectivity index (χ4v) is 2.76. The number of hydrogen-bond acceptors (Lipinski definition) is 3. The van der Waals surface area contributed by atoms with Gasteiger partial charge < -0.3 is 5.32 Å². The second kappa shape index (κ2) is 8.24. The summed E-state index contributed by atoms with van der Waals surface area (Å²) >= 11 is 0. The van der Waals surface area contributed by atoms with Gasteiger partial charge >= 0.3 is 0 Å². The molecule has 1 amide bonds. The average molecular weight is 334 g/mol. The van der Waals surface area contributed by atoms with Crippen LogP contribution < -0.4 is 5.32 Å². The Morgan fingerprint density at radius 3 is 2.64 bits per heavy atom. The van der Waals surface area contributed by atoms with Gasteiger partial charge in [-0.05, 0) is 61.2 Å². The maximum absolute atomic E-state index is 12.2. The minimum atomic E-state index is -0.00529. The van der Waals surface area contributed by atoms with Crippen LogP contribution in [0.2, 0.25) is 0 Å². The molecule has 0 aliphatic carbocycles. The Labute approximate surface area is 147 Å². The van der Waals surface area contributed by atoms with E-state index in [2.05, 4.69) is 21.5 Å². The van der Waals surface area contributed by atoms with Crippen LogP contribution in [0.5, 0.6) is 0 Å². The van der Waals surface area contributed by atoms with Gasteiger partial charge in [0.05, 0.1) is 6.04 Å². The summed E-state index contributed by atoms with van der Waals surface area (Å²) < 4.78 is 1.80. The van der Waals surface area contributed by atoms with Crippen LogP contribution in [0.3, 0.4) is 0 Å². The molecule has 2 heterocycles. The van der Waals surface area contributed by atoms with Gasteiger partial charge in [0, 0.05) is 36.9 Å². The molecule has 0 unspecified atom stereocenters. The Morgan fingerprint density at radius 2 is 1.88 bits per heavy atom. The number of aryl methyl sites for hydroxylation is 2. The summed E-state index contributed by atoms with van der Waals surface area (Å²) in [5.74, 6) is -0.00529. The van der Waals surface area contributed by atoms with Gasteiger partial charge in [0.25, 0.3) is 0 Å². The van der Waals surface area contributed by atoms with Crippen molar-refractivity contribution in [3.63, 3.8) is 0 Å². The lowest BCUT2D eigenvalue weighted by Crippen LogP contribution is -2.18. The van der Waals surface area contributed by atoms with Crippen molar-refractivity contribution in [1.82, 2.24) is 14.8 Å². The molecule has 0 fully saturated rings. The van der Waals surface area contributed by atoms with Crippen LogP contribution in [0.25, 0.3) is 0 Å². The molecule has 3 rings (SSSR count). The molecule has 0 spiro atoms. The maximum atomic E-state index is 12.2. The van der Waals surface area contributed by atoms with E-state index in [1.54, 1.807) is 10.9 Å². The largest absolute Gasteiger partial charge is 0.326 e. The van der Waals surface area contributed by atoms with E-state index < -0.39 is 0 Å². The quantitative estimate of drug-likeness (QED) is 0.717. The molecular formula is C20H22N4O. The second-order valence-corrected chi connectivity index (χ2v) is 6.14. The topological polar surface area (TPSA) is 59.8 Å². The number of carbonyl (C=O) groups is 1. The predicted molar refractivity (Wildman–Crippen MR) is 98.3 cm³/mol. The molecule has 1 N–H and O–H groups in total. The fraction of sp³-hybridized carbons (Fsp3) is 0.250. The van der Waals surface area contributed by atoms with Crippen molar-refractivity contribution >= 4 is 11.6 Å². The lowest BCUT2D eigenvalue weighted by molar-refractivity contribution is -0.116. The van der Waals surface area contributed by atoms with Crippen LogP contribution in [-0.4, -0.2) is 20.7 Å². The highest BCUT2D eigenvalue weighted by atomic mass is 16.1. The summed E-state index contributed by atoms with van der Waals surface area (Å²) in [6.45, 7) is 1.98. The number of nitrogens with one attached hydrogen (secondary N) is 1. The number of pyridine rings is 1. The van der Waals surface area contributed by atoms with Gasteiger partial charge in [0.2, 0.25) is 5.91 Å². The standard InChI is InChI=1S/C20H22N4O/c1-16(24-13-3-10-22-24)14-20(25)23-19-5-2-4-18(15-19)7-6-17-8-11-21-12-9-17/h2-5,8-13,15-16H,6-7,14H2,1H3,(H,23,25)/t16-/m1/s1. The minimum absolute atomic E-state index is 0.00529. The van der Waals surface area contributed by atoms with E-state index in [0.29, 0.717) is 6.42 Å². The highest BCUT2D eigenvalue weighted by Crippen LogP contribution is 2.15. The number of hydrogen-bond donors (Lipinski definition) is 1. The Hall–Kier alpha value is -2.95. The Morgan fingerprint density at radius 1 is 1.08 bits per heavy atom. The maximum Gasteiger partial charge on any atom is 0.226 e. The van der Waals surface area contributed by atoms with E-state index in [-0.39, 0.29) is 11.9 Å². The third-order valence-corrected chi connectivity index (χ3v) is 4.12. The lowest BCUT2D eigenvalue weighted by Gasteiger charge is -2.13. The number of benzene rings is 1. The van der Waals surface area contributed by atoms with Gasteiger partial charge in [-0.25, -0.2) is 0 Å². The lowest BCUT2D eigenvalue weighted by atomic mass is 10.0. The van der Waals surface area contributed by atoms with Gasteiger partial charge in [-0.15, -0.1) is 0 Å². The molecule has 1 aromatic carbocycles. The smallest absolute Gasteiger partial charge is 0.226 e. The second-order valence-electron chi connectivity index (χ2n) is 6.14. The summed E-state index contributed by atoms with van der Waals surface area (Å²) in [6, 6.07) is 14.0. The van der Waals surface area contributed by atoms with Crippen molar-refractivity contribution in [2.75, 3.05) is 5.32 Å². The average Bonchev–Trinajstić information content (AvgIpc) is 3.16. The molecule has 0 radical (unpaired) electrons. The van der Waals surface area contributed by atoms with E-state index >= 15 is 0 Å². The SMILES string of the molecule is C[C@H](CC(=O)Nc1cccc(CCc2ccncc2)c1)n1cccn1. The van der Waals surface area contributed by atoms with E-state index in [0.717, 1.165) is 18.5 Å². The Balaban J connectivity index is 1.55. The molecule has 0 bridgehead atoms. The van der Waals surface area contributed by atoms with E-state index in [4.69, 9.17) is 0 Å². The molecule has 3 aromatic rings. The Kier molecular flexibility index (Phi) is 5.57. The third-order valence-electron chi connectivity index (χ3n) is 4.12. The van der Waals surface area contributed by atoms with Crippen LogP contribution in [0.4, 0.5) is 5.69 Å². The molecule has 0 aliphatic heterocycles. The molecule has 128 valence electrons. The molecule has 25 heavy (non-hydrogen) atoms. The summed E-state index contributed by atoms with van der Waals surface area (Å²) in [6.07, 6.45) is 9.49. The monoisotopic (exact) mass is 334 g/mol. The number of anilines is 1. The molecule has 0 saturated carbocycles. The van der Waals surface area contributed by atoms with E-state index in [1.165, 1.54) is 11.1 Å². The van der Waals surface area contributed by atoms with Crippen LogP contribution in [0, 0.1) is 0 Å². The number of nitrogens with zero attached hydrogens (tertiary/aromatic N) is 3. The van der Waals surface area contributed by atoms with Crippen molar-refractivity contribution in [3.8, 4) is 0 Å². The van der Waals surface area contributed by atoms with Crippen LogP contribution >= 0.6 is 0 Å². The van der Waals surface area contributed by atoms with Gasteiger partial charge in [-0.2, -0.15) is 5.10 Å². The fourth-order valence-electron chi connectivity index (χ4n) is 2.76. The van der Waals surface area contributed by atoms with Crippen molar-refractivity contribution in [1.29, 1.82) is 0 Å². The summed E-state index contributed by atoms with van der Waals surface area (Å²) in [7, 11) is 0. The molecule has 5 nitrogen and oxygen atoms in total. The molecule has 2 aromatic heterocycles. The zero-order valence-corrected chi connectivity index (χ0v) is 14.3.